The lowest BCUT2D eigenvalue weighted by molar-refractivity contribution is -0.130. The largest absolute Gasteiger partial charge is 0.345 e. The maximum absolute atomic E-state index is 12.8. The van der Waals surface area contributed by atoms with E-state index in [-0.39, 0.29) is 5.56 Å². The normalized spacial score (nSPS) is 18.0. The molecule has 5 nitrogen and oxygen atoms in total. The van der Waals surface area contributed by atoms with Crippen molar-refractivity contribution in [2.75, 3.05) is 6.67 Å². The molecule has 0 fully saturated rings. The van der Waals surface area contributed by atoms with E-state index in [0.29, 0.717) is 11.8 Å². The lowest BCUT2D eigenvalue weighted by Gasteiger charge is -2.28. The number of Topliss-reactive ketones (excluding diaryl/α,β-unsaturated/α-hetero) is 1. The van der Waals surface area contributed by atoms with Crippen LogP contribution in [0.15, 0.2) is 35.1 Å². The zero-order valence-electron chi connectivity index (χ0n) is 13.4. The smallest absolute Gasteiger partial charge is 0.259 e. The van der Waals surface area contributed by atoms with Gasteiger partial charge in [0, 0.05) is 11.1 Å². The van der Waals surface area contributed by atoms with Gasteiger partial charge in [-0.2, -0.15) is 0 Å². The van der Waals surface area contributed by atoms with Gasteiger partial charge in [-0.1, -0.05) is 18.2 Å². The lowest BCUT2D eigenvalue weighted by Crippen LogP contribution is -2.46. The summed E-state index contributed by atoms with van der Waals surface area (Å²) in [6, 6.07) is 7.65. The van der Waals surface area contributed by atoms with Gasteiger partial charge in [0.25, 0.3) is 5.56 Å². The number of nitrogens with one attached hydrogen (secondary N) is 1. The molecule has 0 saturated heterocycles. The predicted molar refractivity (Wildman–Crippen MR) is 88.8 cm³/mol. The number of carbonyl (C=O) groups excluding carboxylic acids is 2. The fraction of sp³-hybridized carbons (Fsp3) is 0.389. The number of rotatable bonds is 4. The molecule has 2 atom stereocenters. The van der Waals surface area contributed by atoms with Crippen molar-refractivity contribution >= 4 is 22.5 Å². The number of nitrogens with zero attached hydrogens (tertiary/aromatic N) is 1. The van der Waals surface area contributed by atoms with Crippen LogP contribution in [0.2, 0.25) is 0 Å². The molecule has 1 aliphatic rings. The molecule has 0 bridgehead atoms. The number of pyridine rings is 1. The Balaban J connectivity index is 1.99. The third-order valence-corrected chi connectivity index (χ3v) is 4.54. The number of fused-ring (bicyclic) bond motifs is 2. The van der Waals surface area contributed by atoms with Gasteiger partial charge in [0.1, 0.15) is 12.7 Å². The summed E-state index contributed by atoms with van der Waals surface area (Å²) in [5, 5.41) is 3.95. The molecule has 1 aromatic carbocycles. The quantitative estimate of drug-likeness (QED) is 0.931. The van der Waals surface area contributed by atoms with E-state index in [1.807, 2.05) is 18.2 Å². The van der Waals surface area contributed by atoms with Gasteiger partial charge in [0.2, 0.25) is 5.91 Å². The van der Waals surface area contributed by atoms with E-state index in [2.05, 4.69) is 5.32 Å². The number of carbonyl (C=O) groups is 2. The number of benzene rings is 1. The molecular formula is C18H19FN2O3. The third kappa shape index (κ3) is 2.84. The Morgan fingerprint density at radius 1 is 1.38 bits per heavy atom. The topological polar surface area (TPSA) is 68.2 Å². The summed E-state index contributed by atoms with van der Waals surface area (Å²) >= 11 is 0. The maximum atomic E-state index is 12.8. The minimum atomic E-state index is -1.12. The van der Waals surface area contributed by atoms with Crippen molar-refractivity contribution in [3.05, 3.63) is 46.4 Å². The third-order valence-electron chi connectivity index (χ3n) is 4.54. The summed E-state index contributed by atoms with van der Waals surface area (Å²) in [5.74, 6) is -1.09. The molecule has 0 radical (unpaired) electrons. The Hall–Kier alpha value is -2.50. The van der Waals surface area contributed by atoms with E-state index < -0.39 is 30.4 Å². The second-order valence-corrected chi connectivity index (χ2v) is 6.14. The summed E-state index contributed by atoms with van der Waals surface area (Å²) in [6.07, 6.45) is 2.03. The molecule has 1 amide bonds. The van der Waals surface area contributed by atoms with Gasteiger partial charge in [0.05, 0.1) is 6.04 Å². The number of hydrogen-bond acceptors (Lipinski definition) is 3. The second-order valence-electron chi connectivity index (χ2n) is 6.14. The number of hydrogen-bond donors (Lipinski definition) is 1. The average Bonchev–Trinajstić information content (AvgIpc) is 2.60. The first kappa shape index (κ1) is 16.4. The van der Waals surface area contributed by atoms with Crippen molar-refractivity contribution < 1.29 is 14.0 Å². The maximum Gasteiger partial charge on any atom is 0.259 e. The van der Waals surface area contributed by atoms with Crippen LogP contribution in [0.25, 0.3) is 10.8 Å². The zero-order valence-corrected chi connectivity index (χ0v) is 13.4. The van der Waals surface area contributed by atoms with Crippen molar-refractivity contribution in [3.63, 3.8) is 0 Å². The van der Waals surface area contributed by atoms with Crippen LogP contribution in [-0.2, 0) is 16.0 Å². The molecule has 1 aliphatic heterocycles. The lowest BCUT2D eigenvalue weighted by atomic mass is 9.98. The van der Waals surface area contributed by atoms with Crippen LogP contribution in [0.1, 0.15) is 31.5 Å². The van der Waals surface area contributed by atoms with E-state index >= 15 is 0 Å². The van der Waals surface area contributed by atoms with Crippen LogP contribution in [0.5, 0.6) is 0 Å². The van der Waals surface area contributed by atoms with Gasteiger partial charge in [-0.25, -0.2) is 4.39 Å². The van der Waals surface area contributed by atoms with Gasteiger partial charge in [0.15, 0.2) is 5.78 Å². The highest BCUT2D eigenvalue weighted by Crippen LogP contribution is 2.25. The van der Waals surface area contributed by atoms with Crippen molar-refractivity contribution in [1.82, 2.24) is 9.88 Å². The monoisotopic (exact) mass is 330 g/mol. The molecular weight excluding hydrogens is 311 g/mol. The first-order valence-electron chi connectivity index (χ1n) is 8.05. The highest BCUT2D eigenvalue weighted by molar-refractivity contribution is 5.91. The minimum absolute atomic E-state index is 0.201. The zero-order chi connectivity index (χ0) is 17.3. The molecule has 1 aromatic heterocycles. The van der Waals surface area contributed by atoms with Crippen LogP contribution in [0, 0.1) is 0 Å². The minimum Gasteiger partial charge on any atom is -0.345 e. The molecule has 2 aromatic rings. The second kappa shape index (κ2) is 6.55. The first-order valence-corrected chi connectivity index (χ1v) is 8.05. The van der Waals surface area contributed by atoms with Crippen molar-refractivity contribution in [2.24, 2.45) is 0 Å². The van der Waals surface area contributed by atoms with E-state index in [4.69, 9.17) is 0 Å². The van der Waals surface area contributed by atoms with E-state index in [9.17, 15) is 18.8 Å². The fourth-order valence-corrected chi connectivity index (χ4v) is 3.22. The van der Waals surface area contributed by atoms with Crippen LogP contribution < -0.4 is 10.9 Å². The van der Waals surface area contributed by atoms with E-state index in [1.165, 1.54) is 11.5 Å². The van der Waals surface area contributed by atoms with Gasteiger partial charge in [-0.15, -0.1) is 0 Å². The van der Waals surface area contributed by atoms with E-state index in [1.54, 1.807) is 12.1 Å². The summed E-state index contributed by atoms with van der Waals surface area (Å²) in [4.78, 5) is 36.7. The molecule has 24 heavy (non-hydrogen) atoms. The number of aryl methyl sites for hydroxylation is 1. The number of ketones is 1. The van der Waals surface area contributed by atoms with Crippen molar-refractivity contribution in [1.29, 1.82) is 0 Å². The van der Waals surface area contributed by atoms with Gasteiger partial charge < -0.3 is 5.32 Å². The molecule has 0 aliphatic carbocycles. The van der Waals surface area contributed by atoms with Gasteiger partial charge in [-0.3, -0.25) is 19.0 Å². The fourth-order valence-electron chi connectivity index (χ4n) is 3.22. The molecule has 1 N–H and O–H groups in total. The number of aromatic nitrogens is 1. The molecule has 0 spiro atoms. The molecule has 6 heteroatoms. The molecule has 126 valence electrons. The Labute approximate surface area is 138 Å². The SMILES string of the molecule is CC(NC(=O)[C@@H]1CCCc2cc3ccccc3c(=O)n21)C(=O)CF. The summed E-state index contributed by atoms with van der Waals surface area (Å²) < 4.78 is 14.0. The van der Waals surface area contributed by atoms with Crippen molar-refractivity contribution in [2.45, 2.75) is 38.3 Å². The highest BCUT2D eigenvalue weighted by Gasteiger charge is 2.29. The van der Waals surface area contributed by atoms with Crippen LogP contribution in [0.4, 0.5) is 4.39 Å². The summed E-state index contributed by atoms with van der Waals surface area (Å²) in [7, 11) is 0. The Morgan fingerprint density at radius 3 is 2.88 bits per heavy atom. The van der Waals surface area contributed by atoms with Crippen LogP contribution >= 0.6 is 0 Å². The van der Waals surface area contributed by atoms with Gasteiger partial charge in [-0.05, 0) is 43.7 Å². The molecule has 3 rings (SSSR count). The Bertz CT molecular complexity index is 859. The van der Waals surface area contributed by atoms with Gasteiger partial charge >= 0.3 is 0 Å². The molecule has 1 unspecified atom stereocenters. The average molecular weight is 330 g/mol. The Kier molecular flexibility index (Phi) is 4.46. The summed E-state index contributed by atoms with van der Waals surface area (Å²) in [5.41, 5.74) is 0.613. The molecule has 2 heterocycles. The number of halogens is 1. The molecule has 0 saturated carbocycles. The standard InChI is InChI=1S/C18H19FN2O3/c1-11(16(22)10-19)20-17(23)15-8-4-6-13-9-12-5-2-3-7-14(12)18(24)21(13)15/h2-3,5,7,9,11,15H,4,6,8,10H2,1H3,(H,20,23)/t11?,15-/m0/s1. The van der Waals surface area contributed by atoms with Crippen LogP contribution in [-0.4, -0.2) is 29.0 Å². The van der Waals surface area contributed by atoms with Crippen molar-refractivity contribution in [3.8, 4) is 0 Å². The predicted octanol–water partition coefficient (Wildman–Crippen LogP) is 1.92. The first-order chi connectivity index (χ1) is 11.5. The van der Waals surface area contributed by atoms with Crippen LogP contribution in [0.3, 0.4) is 0 Å². The van der Waals surface area contributed by atoms with E-state index in [0.717, 1.165) is 23.9 Å². The number of alkyl halides is 1. The highest BCUT2D eigenvalue weighted by atomic mass is 19.1. The number of amides is 1. The summed E-state index contributed by atoms with van der Waals surface area (Å²) in [6.45, 7) is 0.333. The Morgan fingerprint density at radius 2 is 2.12 bits per heavy atom.